The van der Waals surface area contributed by atoms with Crippen molar-refractivity contribution in [3.63, 3.8) is 0 Å². The van der Waals surface area contributed by atoms with Gasteiger partial charge in [-0.05, 0) is 37.6 Å². The zero-order valence-electron chi connectivity index (χ0n) is 11.2. The molecule has 2 aromatic rings. The number of hydrogen-bond donors (Lipinski definition) is 1. The third-order valence-electron chi connectivity index (χ3n) is 2.81. The van der Waals surface area contributed by atoms with E-state index < -0.39 is 0 Å². The maximum absolute atomic E-state index is 5.90. The van der Waals surface area contributed by atoms with Crippen molar-refractivity contribution in [2.75, 3.05) is 12.3 Å². The zero-order valence-corrected chi connectivity index (χ0v) is 13.6. The monoisotopic (exact) mass is 311 g/mol. The molecule has 0 aliphatic carbocycles. The van der Waals surface area contributed by atoms with Crippen molar-refractivity contribution in [1.82, 2.24) is 5.32 Å². The molecule has 0 aliphatic rings. The molecule has 102 valence electrons. The molecule has 4 heteroatoms. The Labute approximate surface area is 128 Å². The standard InChI is InChI=1S/C15H18ClNS2/c1-11-3-4-12(2)14(9-11)18-8-7-17-10-13-5-6-15(16)19-13/h3-6,9,17H,7-8,10H2,1-2H3. The van der Waals surface area contributed by atoms with Gasteiger partial charge in [-0.1, -0.05) is 29.3 Å². The summed E-state index contributed by atoms with van der Waals surface area (Å²) in [7, 11) is 0. The first-order valence-corrected chi connectivity index (χ1v) is 8.48. The maximum atomic E-state index is 5.90. The minimum Gasteiger partial charge on any atom is -0.311 e. The summed E-state index contributed by atoms with van der Waals surface area (Å²) in [5.74, 6) is 1.09. The van der Waals surface area contributed by atoms with Crippen LogP contribution in [0.3, 0.4) is 0 Å². The first-order chi connectivity index (χ1) is 9.15. The third kappa shape index (κ3) is 4.84. The van der Waals surface area contributed by atoms with Gasteiger partial charge < -0.3 is 5.32 Å². The highest BCUT2D eigenvalue weighted by Gasteiger charge is 2.00. The van der Waals surface area contributed by atoms with E-state index in [0.717, 1.165) is 23.2 Å². The van der Waals surface area contributed by atoms with Gasteiger partial charge in [0.05, 0.1) is 4.34 Å². The summed E-state index contributed by atoms with van der Waals surface area (Å²) < 4.78 is 0.863. The molecule has 0 spiro atoms. The van der Waals surface area contributed by atoms with Gasteiger partial charge in [0, 0.05) is 28.6 Å². The van der Waals surface area contributed by atoms with Crippen LogP contribution in [0.5, 0.6) is 0 Å². The highest BCUT2D eigenvalue weighted by atomic mass is 35.5. The van der Waals surface area contributed by atoms with Crippen LogP contribution in [-0.4, -0.2) is 12.3 Å². The Morgan fingerprint density at radius 1 is 1.21 bits per heavy atom. The Balaban J connectivity index is 1.70. The van der Waals surface area contributed by atoms with Crippen LogP contribution in [0.4, 0.5) is 0 Å². The van der Waals surface area contributed by atoms with Gasteiger partial charge in [-0.15, -0.1) is 23.1 Å². The second-order valence-corrected chi connectivity index (χ2v) is 7.44. The lowest BCUT2D eigenvalue weighted by molar-refractivity contribution is 0.741. The molecule has 0 amide bonds. The largest absolute Gasteiger partial charge is 0.311 e. The van der Waals surface area contributed by atoms with E-state index in [4.69, 9.17) is 11.6 Å². The minimum absolute atomic E-state index is 0.863. The van der Waals surface area contributed by atoms with Crippen LogP contribution < -0.4 is 5.32 Å². The molecule has 19 heavy (non-hydrogen) atoms. The summed E-state index contributed by atoms with van der Waals surface area (Å²) in [5.41, 5.74) is 2.69. The molecule has 0 radical (unpaired) electrons. The predicted octanol–water partition coefficient (Wildman–Crippen LogP) is 4.90. The maximum Gasteiger partial charge on any atom is 0.0931 e. The van der Waals surface area contributed by atoms with Crippen molar-refractivity contribution in [1.29, 1.82) is 0 Å². The van der Waals surface area contributed by atoms with Crippen LogP contribution in [0.15, 0.2) is 35.2 Å². The fourth-order valence-corrected chi connectivity index (χ4v) is 3.84. The van der Waals surface area contributed by atoms with Gasteiger partial charge in [0.25, 0.3) is 0 Å². The van der Waals surface area contributed by atoms with Gasteiger partial charge >= 0.3 is 0 Å². The number of aryl methyl sites for hydroxylation is 2. The summed E-state index contributed by atoms with van der Waals surface area (Å²) in [4.78, 5) is 2.68. The van der Waals surface area contributed by atoms with Crippen molar-refractivity contribution in [3.8, 4) is 0 Å². The summed E-state index contributed by atoms with van der Waals surface area (Å²) >= 11 is 9.46. The molecule has 2 rings (SSSR count). The molecule has 0 atom stereocenters. The highest BCUT2D eigenvalue weighted by Crippen LogP contribution is 2.23. The number of rotatable bonds is 6. The van der Waals surface area contributed by atoms with Crippen LogP contribution in [-0.2, 0) is 6.54 Å². The van der Waals surface area contributed by atoms with E-state index in [1.54, 1.807) is 11.3 Å². The normalized spacial score (nSPS) is 10.9. The second-order valence-electron chi connectivity index (χ2n) is 4.50. The number of benzene rings is 1. The van der Waals surface area contributed by atoms with Gasteiger partial charge in [0.2, 0.25) is 0 Å². The van der Waals surface area contributed by atoms with Gasteiger partial charge in [-0.3, -0.25) is 0 Å². The summed E-state index contributed by atoms with van der Waals surface area (Å²) in [6.45, 7) is 6.23. The molecule has 0 bridgehead atoms. The Kier molecular flexibility index (Phi) is 5.76. The molecule has 1 N–H and O–H groups in total. The van der Waals surface area contributed by atoms with E-state index in [0.29, 0.717) is 0 Å². The number of hydrogen-bond acceptors (Lipinski definition) is 3. The van der Waals surface area contributed by atoms with Gasteiger partial charge in [-0.25, -0.2) is 0 Å². The Hall–Kier alpha value is -0.480. The zero-order chi connectivity index (χ0) is 13.7. The first-order valence-electron chi connectivity index (χ1n) is 6.30. The molecule has 1 nitrogen and oxygen atoms in total. The summed E-state index contributed by atoms with van der Waals surface area (Å²) in [6.07, 6.45) is 0. The fraction of sp³-hybridized carbons (Fsp3) is 0.333. The van der Waals surface area contributed by atoms with Crippen molar-refractivity contribution < 1.29 is 0 Å². The minimum atomic E-state index is 0.863. The molecule has 0 saturated heterocycles. The smallest absolute Gasteiger partial charge is 0.0931 e. The van der Waals surface area contributed by atoms with Crippen molar-refractivity contribution >= 4 is 34.7 Å². The van der Waals surface area contributed by atoms with E-state index in [-0.39, 0.29) is 0 Å². The average molecular weight is 312 g/mol. The molecular weight excluding hydrogens is 294 g/mol. The fourth-order valence-electron chi connectivity index (χ4n) is 1.75. The van der Waals surface area contributed by atoms with Crippen LogP contribution in [0.1, 0.15) is 16.0 Å². The van der Waals surface area contributed by atoms with Crippen LogP contribution in [0.25, 0.3) is 0 Å². The lowest BCUT2D eigenvalue weighted by Gasteiger charge is -2.07. The van der Waals surface area contributed by atoms with E-state index in [2.05, 4.69) is 43.4 Å². The SMILES string of the molecule is Cc1ccc(C)c(SCCNCc2ccc(Cl)s2)c1. The van der Waals surface area contributed by atoms with Crippen LogP contribution in [0.2, 0.25) is 4.34 Å². The van der Waals surface area contributed by atoms with E-state index in [1.807, 2.05) is 17.8 Å². The highest BCUT2D eigenvalue weighted by molar-refractivity contribution is 7.99. The van der Waals surface area contributed by atoms with Gasteiger partial charge in [0.1, 0.15) is 0 Å². The van der Waals surface area contributed by atoms with E-state index >= 15 is 0 Å². The first kappa shape index (κ1) is 14.9. The molecule has 1 aromatic carbocycles. The Morgan fingerprint density at radius 3 is 2.79 bits per heavy atom. The molecule has 1 aromatic heterocycles. The van der Waals surface area contributed by atoms with Gasteiger partial charge in [0.15, 0.2) is 0 Å². The van der Waals surface area contributed by atoms with Crippen molar-refractivity contribution in [2.45, 2.75) is 25.3 Å². The molecule has 0 aliphatic heterocycles. The molecule has 0 saturated carbocycles. The topological polar surface area (TPSA) is 12.0 Å². The Morgan fingerprint density at radius 2 is 2.05 bits per heavy atom. The summed E-state index contributed by atoms with van der Waals surface area (Å²) in [5, 5.41) is 3.45. The molecule has 0 fully saturated rings. The van der Waals surface area contributed by atoms with Crippen LogP contribution in [0, 0.1) is 13.8 Å². The van der Waals surface area contributed by atoms with E-state index in [9.17, 15) is 0 Å². The lowest BCUT2D eigenvalue weighted by atomic mass is 10.2. The number of thiophene rings is 1. The molecular formula is C15H18ClNS2. The van der Waals surface area contributed by atoms with Crippen molar-refractivity contribution in [3.05, 3.63) is 50.7 Å². The third-order valence-corrected chi connectivity index (χ3v) is 5.20. The van der Waals surface area contributed by atoms with Crippen LogP contribution >= 0.6 is 34.7 Å². The number of thioether (sulfide) groups is 1. The van der Waals surface area contributed by atoms with E-state index in [1.165, 1.54) is 20.9 Å². The van der Waals surface area contributed by atoms with Gasteiger partial charge in [-0.2, -0.15) is 0 Å². The number of halogens is 1. The molecule has 0 unspecified atom stereocenters. The molecule has 1 heterocycles. The lowest BCUT2D eigenvalue weighted by Crippen LogP contribution is -2.15. The quantitative estimate of drug-likeness (QED) is 0.601. The van der Waals surface area contributed by atoms with Crippen molar-refractivity contribution in [2.24, 2.45) is 0 Å². The summed E-state index contributed by atoms with van der Waals surface area (Å²) in [6, 6.07) is 10.7. The predicted molar refractivity (Wildman–Crippen MR) is 87.7 cm³/mol. The second kappa shape index (κ2) is 7.34. The number of nitrogens with one attached hydrogen (secondary N) is 1. The average Bonchev–Trinajstić information content (AvgIpc) is 2.79. The Bertz CT molecular complexity index is 537.